The molecule has 1 unspecified atom stereocenters. The van der Waals surface area contributed by atoms with Crippen LogP contribution in [-0.2, 0) is 16.4 Å². The number of anilines is 1. The second kappa shape index (κ2) is 12.5. The van der Waals surface area contributed by atoms with E-state index in [4.69, 9.17) is 27.9 Å². The number of ether oxygens (including phenoxy) is 1. The first-order chi connectivity index (χ1) is 19.2. The molecule has 0 saturated carbocycles. The number of alkyl halides is 1. The fraction of sp³-hybridized carbons (Fsp3) is 0.355. The molecule has 0 radical (unpaired) electrons. The van der Waals surface area contributed by atoms with Crippen molar-refractivity contribution in [2.45, 2.75) is 38.2 Å². The Kier molecular flexibility index (Phi) is 9.05. The predicted octanol–water partition coefficient (Wildman–Crippen LogP) is 7.47. The summed E-state index contributed by atoms with van der Waals surface area (Å²) in [7, 11) is -3.39. The molecule has 1 atom stereocenters. The number of rotatable bonds is 9. The van der Waals surface area contributed by atoms with Crippen molar-refractivity contribution in [1.82, 2.24) is 4.90 Å². The van der Waals surface area contributed by atoms with Crippen molar-refractivity contribution in [3.63, 3.8) is 0 Å². The van der Waals surface area contributed by atoms with Gasteiger partial charge in [0, 0.05) is 35.4 Å². The van der Waals surface area contributed by atoms with Gasteiger partial charge in [-0.2, -0.15) is 0 Å². The van der Waals surface area contributed by atoms with E-state index in [9.17, 15) is 12.8 Å². The van der Waals surface area contributed by atoms with Gasteiger partial charge < -0.3 is 4.74 Å². The SMILES string of the molecule is CS(=O)(=O)Nc1ccc2c(c1)CCCC(c1ccc(Cl)cc1Cl)=C2c1ccc(OC2CCN(CCCF)C2)cc1. The Balaban J connectivity index is 1.51. The van der Waals surface area contributed by atoms with Crippen LogP contribution in [0.5, 0.6) is 5.75 Å². The second-order valence-corrected chi connectivity index (χ2v) is 13.1. The van der Waals surface area contributed by atoms with Crippen molar-refractivity contribution in [2.24, 2.45) is 0 Å². The predicted molar refractivity (Wildman–Crippen MR) is 163 cm³/mol. The molecule has 0 spiro atoms. The first-order valence-electron chi connectivity index (χ1n) is 13.6. The lowest BCUT2D eigenvalue weighted by atomic mass is 9.87. The van der Waals surface area contributed by atoms with Gasteiger partial charge in [-0.05, 0) is 102 Å². The molecule has 212 valence electrons. The fourth-order valence-electron chi connectivity index (χ4n) is 5.67. The third kappa shape index (κ3) is 7.00. The molecule has 40 heavy (non-hydrogen) atoms. The van der Waals surface area contributed by atoms with Crippen LogP contribution in [0.4, 0.5) is 10.1 Å². The summed E-state index contributed by atoms with van der Waals surface area (Å²) < 4.78 is 45.2. The molecule has 5 nitrogen and oxygen atoms in total. The molecule has 3 aromatic carbocycles. The summed E-state index contributed by atoms with van der Waals surface area (Å²) in [6.07, 6.45) is 5.21. The minimum Gasteiger partial charge on any atom is -0.489 e. The lowest BCUT2D eigenvalue weighted by Gasteiger charge is -2.19. The first kappa shape index (κ1) is 28.9. The second-order valence-electron chi connectivity index (χ2n) is 10.5. The number of allylic oxidation sites excluding steroid dienone is 1. The van der Waals surface area contributed by atoms with E-state index >= 15 is 0 Å². The van der Waals surface area contributed by atoms with Crippen molar-refractivity contribution in [3.8, 4) is 5.75 Å². The quantitative estimate of drug-likeness (QED) is 0.276. The van der Waals surface area contributed by atoms with Crippen molar-refractivity contribution in [2.75, 3.05) is 37.3 Å². The maximum atomic E-state index is 12.6. The molecular formula is C31H33Cl2FN2O3S. The van der Waals surface area contributed by atoms with Crippen LogP contribution in [-0.4, -0.2) is 52.0 Å². The molecule has 1 heterocycles. The average Bonchev–Trinajstić information content (AvgIpc) is 3.26. The van der Waals surface area contributed by atoms with E-state index < -0.39 is 10.0 Å². The summed E-state index contributed by atoms with van der Waals surface area (Å²) in [4.78, 5) is 2.25. The van der Waals surface area contributed by atoms with E-state index in [-0.39, 0.29) is 12.8 Å². The minimum absolute atomic E-state index is 0.0903. The molecule has 3 aromatic rings. The maximum Gasteiger partial charge on any atom is 0.229 e. The van der Waals surface area contributed by atoms with Gasteiger partial charge in [0.15, 0.2) is 0 Å². The molecule has 1 aliphatic heterocycles. The zero-order valence-electron chi connectivity index (χ0n) is 22.4. The molecule has 1 fully saturated rings. The van der Waals surface area contributed by atoms with E-state index in [1.165, 1.54) is 0 Å². The van der Waals surface area contributed by atoms with Crippen LogP contribution < -0.4 is 9.46 Å². The Morgan fingerprint density at radius 1 is 1.02 bits per heavy atom. The highest BCUT2D eigenvalue weighted by molar-refractivity contribution is 7.92. The Morgan fingerprint density at radius 2 is 1.80 bits per heavy atom. The summed E-state index contributed by atoms with van der Waals surface area (Å²) in [6, 6.07) is 19.4. The summed E-state index contributed by atoms with van der Waals surface area (Å²) in [5.41, 5.74) is 6.82. The van der Waals surface area contributed by atoms with Crippen LogP contribution in [0.2, 0.25) is 10.0 Å². The van der Waals surface area contributed by atoms with Crippen molar-refractivity contribution in [3.05, 3.63) is 93.0 Å². The highest BCUT2D eigenvalue weighted by atomic mass is 35.5. The Hall–Kier alpha value is -2.58. The van der Waals surface area contributed by atoms with Crippen LogP contribution in [0, 0.1) is 0 Å². The number of hydrogen-bond acceptors (Lipinski definition) is 4. The number of likely N-dealkylation sites (tertiary alicyclic amines) is 1. The molecular weight excluding hydrogens is 570 g/mol. The Bertz CT molecular complexity index is 1510. The van der Waals surface area contributed by atoms with Gasteiger partial charge in [-0.1, -0.05) is 47.5 Å². The number of nitrogens with zero attached hydrogens (tertiary/aromatic N) is 1. The summed E-state index contributed by atoms with van der Waals surface area (Å²) >= 11 is 12.9. The van der Waals surface area contributed by atoms with E-state index in [2.05, 4.69) is 21.8 Å². The molecule has 9 heteroatoms. The van der Waals surface area contributed by atoms with Crippen LogP contribution in [0.1, 0.15) is 47.9 Å². The van der Waals surface area contributed by atoms with Gasteiger partial charge in [-0.3, -0.25) is 14.0 Å². The number of halogens is 3. The largest absolute Gasteiger partial charge is 0.489 e. The zero-order chi connectivity index (χ0) is 28.3. The van der Waals surface area contributed by atoms with Crippen molar-refractivity contribution >= 4 is 50.1 Å². The summed E-state index contributed by atoms with van der Waals surface area (Å²) in [5, 5.41) is 1.18. The molecule has 0 bridgehead atoms. The molecule has 1 saturated heterocycles. The van der Waals surface area contributed by atoms with E-state index in [0.29, 0.717) is 22.2 Å². The van der Waals surface area contributed by atoms with E-state index in [1.54, 1.807) is 12.1 Å². The molecule has 5 rings (SSSR count). The van der Waals surface area contributed by atoms with Gasteiger partial charge in [0.25, 0.3) is 0 Å². The van der Waals surface area contributed by atoms with Gasteiger partial charge in [-0.15, -0.1) is 0 Å². The lowest BCUT2D eigenvalue weighted by molar-refractivity contribution is 0.198. The molecule has 0 aromatic heterocycles. The monoisotopic (exact) mass is 602 g/mol. The van der Waals surface area contributed by atoms with Gasteiger partial charge >= 0.3 is 0 Å². The smallest absolute Gasteiger partial charge is 0.229 e. The zero-order valence-corrected chi connectivity index (χ0v) is 24.8. The topological polar surface area (TPSA) is 58.6 Å². The lowest BCUT2D eigenvalue weighted by Crippen LogP contribution is -2.26. The molecule has 0 amide bonds. The standard InChI is InChI=1S/C31H33Cl2FN2O3S/c1-40(37,38)35-24-9-13-27-22(18-24)4-2-5-29(28-12-8-23(32)19-30(28)33)31(27)21-6-10-25(11-7-21)39-26-14-17-36(20-26)16-3-15-34/h6-13,18-19,26,35H,2-5,14-17,20H2,1H3. The highest BCUT2D eigenvalue weighted by Gasteiger charge is 2.25. The minimum atomic E-state index is -3.39. The Morgan fingerprint density at radius 3 is 2.52 bits per heavy atom. The number of benzene rings is 3. The summed E-state index contributed by atoms with van der Waals surface area (Å²) in [6.45, 7) is 2.21. The van der Waals surface area contributed by atoms with Crippen LogP contribution in [0.25, 0.3) is 11.1 Å². The van der Waals surface area contributed by atoms with Gasteiger partial charge in [0.05, 0.1) is 12.9 Å². The van der Waals surface area contributed by atoms with Gasteiger partial charge in [0.1, 0.15) is 11.9 Å². The third-order valence-electron chi connectivity index (χ3n) is 7.39. The number of fused-ring (bicyclic) bond motifs is 1. The number of sulfonamides is 1. The van der Waals surface area contributed by atoms with Gasteiger partial charge in [-0.25, -0.2) is 8.42 Å². The van der Waals surface area contributed by atoms with Crippen LogP contribution in [0.3, 0.4) is 0 Å². The van der Waals surface area contributed by atoms with Gasteiger partial charge in [0.2, 0.25) is 10.0 Å². The normalized spacial score (nSPS) is 17.9. The molecule has 1 N–H and O–H groups in total. The van der Waals surface area contributed by atoms with Crippen molar-refractivity contribution < 1.29 is 17.5 Å². The fourth-order valence-corrected chi connectivity index (χ4v) is 6.75. The summed E-state index contributed by atoms with van der Waals surface area (Å²) in [5.74, 6) is 0.800. The number of hydrogen-bond donors (Lipinski definition) is 1. The maximum absolute atomic E-state index is 12.6. The van der Waals surface area contributed by atoms with Crippen LogP contribution in [0.15, 0.2) is 60.7 Å². The number of nitrogens with one attached hydrogen (secondary N) is 1. The van der Waals surface area contributed by atoms with Crippen molar-refractivity contribution in [1.29, 1.82) is 0 Å². The molecule has 2 aliphatic rings. The third-order valence-corrected chi connectivity index (χ3v) is 8.55. The average molecular weight is 604 g/mol. The van der Waals surface area contributed by atoms with Crippen LogP contribution >= 0.6 is 23.2 Å². The van der Waals surface area contributed by atoms with E-state index in [0.717, 1.165) is 90.7 Å². The number of aryl methyl sites for hydroxylation is 1. The first-order valence-corrected chi connectivity index (χ1v) is 16.2. The van der Waals surface area contributed by atoms with E-state index in [1.807, 2.05) is 36.4 Å². The highest BCUT2D eigenvalue weighted by Crippen LogP contribution is 2.43. The molecule has 1 aliphatic carbocycles. The Labute approximate surface area is 246 Å².